The second-order valence-electron chi connectivity index (χ2n) is 5.16. The number of benzene rings is 1. The maximum atomic E-state index is 12.4. The van der Waals surface area contributed by atoms with Crippen LogP contribution in [0.1, 0.15) is 37.4 Å². The largest absolute Gasteiger partial charge is 0.497 e. The lowest BCUT2D eigenvalue weighted by Crippen LogP contribution is -2.22. The van der Waals surface area contributed by atoms with E-state index in [-0.39, 0.29) is 5.92 Å². The molecular formula is C15H19F3O2. The van der Waals surface area contributed by atoms with Crippen LogP contribution in [0.4, 0.5) is 13.2 Å². The van der Waals surface area contributed by atoms with Crippen LogP contribution in [0.3, 0.4) is 0 Å². The van der Waals surface area contributed by atoms with Gasteiger partial charge in [-0.1, -0.05) is 25.0 Å². The minimum absolute atomic E-state index is 0.172. The van der Waals surface area contributed by atoms with E-state index in [4.69, 9.17) is 9.47 Å². The summed E-state index contributed by atoms with van der Waals surface area (Å²) >= 11 is 0. The third-order valence-electron chi connectivity index (χ3n) is 3.70. The van der Waals surface area contributed by atoms with Crippen molar-refractivity contribution in [2.24, 2.45) is 5.92 Å². The molecule has 1 aliphatic carbocycles. The first-order valence-electron chi connectivity index (χ1n) is 6.82. The summed E-state index contributed by atoms with van der Waals surface area (Å²) in [5, 5.41) is 0. The van der Waals surface area contributed by atoms with E-state index in [1.165, 1.54) is 0 Å². The smallest absolute Gasteiger partial charge is 0.411 e. The average Bonchev–Trinajstić information content (AvgIpc) is 2.92. The van der Waals surface area contributed by atoms with Crippen LogP contribution in [0.15, 0.2) is 24.3 Å². The van der Waals surface area contributed by atoms with Crippen molar-refractivity contribution in [2.45, 2.75) is 38.0 Å². The Morgan fingerprint density at radius 3 is 2.25 bits per heavy atom. The Bertz CT molecular complexity index is 408. The van der Waals surface area contributed by atoms with Crippen LogP contribution in [0, 0.1) is 5.92 Å². The molecule has 0 N–H and O–H groups in total. The van der Waals surface area contributed by atoms with Crippen molar-refractivity contribution in [3.05, 3.63) is 29.8 Å². The lowest BCUT2D eigenvalue weighted by Gasteiger charge is -2.25. The first-order chi connectivity index (χ1) is 9.49. The molecule has 1 atom stereocenters. The highest BCUT2D eigenvalue weighted by molar-refractivity contribution is 5.29. The molecule has 0 aliphatic heterocycles. The van der Waals surface area contributed by atoms with Crippen molar-refractivity contribution < 1.29 is 22.6 Å². The number of halogens is 3. The van der Waals surface area contributed by atoms with Crippen LogP contribution in [0.2, 0.25) is 0 Å². The van der Waals surface area contributed by atoms with Gasteiger partial charge >= 0.3 is 6.18 Å². The standard InChI is InChI=1S/C15H19F3O2/c1-19-13-8-6-12(7-9-13)14(11-4-2-3-5-11)20-10-15(16,17)18/h6-9,11,14H,2-5,10H2,1H3. The Labute approximate surface area is 116 Å². The summed E-state index contributed by atoms with van der Waals surface area (Å²) in [5.41, 5.74) is 0.793. The molecule has 1 fully saturated rings. The van der Waals surface area contributed by atoms with Gasteiger partial charge in [-0.3, -0.25) is 0 Å². The Morgan fingerprint density at radius 1 is 1.15 bits per heavy atom. The number of hydrogen-bond donors (Lipinski definition) is 0. The van der Waals surface area contributed by atoms with E-state index >= 15 is 0 Å². The van der Waals surface area contributed by atoms with Crippen molar-refractivity contribution in [1.82, 2.24) is 0 Å². The van der Waals surface area contributed by atoms with Crippen LogP contribution in [0.5, 0.6) is 5.75 Å². The van der Waals surface area contributed by atoms with E-state index < -0.39 is 18.9 Å². The molecule has 2 nitrogen and oxygen atoms in total. The van der Waals surface area contributed by atoms with Gasteiger partial charge in [0, 0.05) is 0 Å². The molecule has 20 heavy (non-hydrogen) atoms. The summed E-state index contributed by atoms with van der Waals surface area (Å²) in [5.74, 6) is 0.862. The molecule has 0 radical (unpaired) electrons. The van der Waals surface area contributed by atoms with Gasteiger partial charge in [-0.05, 0) is 36.5 Å². The average molecular weight is 288 g/mol. The van der Waals surface area contributed by atoms with Gasteiger partial charge in [0.05, 0.1) is 13.2 Å². The van der Waals surface area contributed by atoms with E-state index in [9.17, 15) is 13.2 Å². The second-order valence-corrected chi connectivity index (χ2v) is 5.16. The van der Waals surface area contributed by atoms with Gasteiger partial charge in [0.25, 0.3) is 0 Å². The maximum absolute atomic E-state index is 12.4. The van der Waals surface area contributed by atoms with Gasteiger partial charge in [-0.15, -0.1) is 0 Å². The van der Waals surface area contributed by atoms with Crippen molar-refractivity contribution in [2.75, 3.05) is 13.7 Å². The van der Waals surface area contributed by atoms with E-state index in [1.807, 2.05) is 0 Å². The van der Waals surface area contributed by atoms with Gasteiger partial charge in [-0.25, -0.2) is 0 Å². The zero-order chi connectivity index (χ0) is 14.6. The highest BCUT2D eigenvalue weighted by Crippen LogP contribution is 2.39. The fraction of sp³-hybridized carbons (Fsp3) is 0.600. The molecule has 1 saturated carbocycles. The lowest BCUT2D eigenvalue weighted by molar-refractivity contribution is -0.191. The Morgan fingerprint density at radius 2 is 1.75 bits per heavy atom. The Balaban J connectivity index is 2.11. The zero-order valence-corrected chi connectivity index (χ0v) is 11.5. The van der Waals surface area contributed by atoms with E-state index in [0.29, 0.717) is 5.75 Å². The lowest BCUT2D eigenvalue weighted by atomic mass is 9.94. The molecule has 0 aromatic heterocycles. The predicted octanol–water partition coefficient (Wildman–Crippen LogP) is 4.51. The van der Waals surface area contributed by atoms with Crippen LogP contribution in [-0.4, -0.2) is 19.9 Å². The quantitative estimate of drug-likeness (QED) is 0.794. The Kier molecular flexibility index (Phi) is 4.91. The fourth-order valence-electron chi connectivity index (χ4n) is 2.74. The van der Waals surface area contributed by atoms with Gasteiger partial charge < -0.3 is 9.47 Å². The molecule has 0 spiro atoms. The summed E-state index contributed by atoms with van der Waals surface area (Å²) in [4.78, 5) is 0. The van der Waals surface area contributed by atoms with E-state index in [2.05, 4.69) is 0 Å². The van der Waals surface area contributed by atoms with Crippen LogP contribution in [0.25, 0.3) is 0 Å². The number of rotatable bonds is 5. The van der Waals surface area contributed by atoms with Crippen molar-refractivity contribution >= 4 is 0 Å². The van der Waals surface area contributed by atoms with Crippen molar-refractivity contribution in [3.63, 3.8) is 0 Å². The van der Waals surface area contributed by atoms with Crippen molar-refractivity contribution in [1.29, 1.82) is 0 Å². The second kappa shape index (κ2) is 6.48. The van der Waals surface area contributed by atoms with E-state index in [0.717, 1.165) is 31.2 Å². The number of ether oxygens (including phenoxy) is 2. The summed E-state index contributed by atoms with van der Waals surface area (Å²) in [6.07, 6.45) is -0.795. The first kappa shape index (κ1) is 15.2. The topological polar surface area (TPSA) is 18.5 Å². The number of methoxy groups -OCH3 is 1. The van der Waals surface area contributed by atoms with Gasteiger partial charge in [0.2, 0.25) is 0 Å². The molecule has 1 aromatic carbocycles. The molecule has 0 saturated heterocycles. The molecule has 2 rings (SSSR count). The molecule has 0 amide bonds. The summed E-state index contributed by atoms with van der Waals surface area (Å²) in [6, 6.07) is 7.10. The molecule has 0 heterocycles. The normalized spacial score (nSPS) is 18.2. The minimum Gasteiger partial charge on any atom is -0.497 e. The molecule has 0 bridgehead atoms. The highest BCUT2D eigenvalue weighted by Gasteiger charge is 2.33. The molecule has 5 heteroatoms. The van der Waals surface area contributed by atoms with Crippen LogP contribution >= 0.6 is 0 Å². The highest BCUT2D eigenvalue weighted by atomic mass is 19.4. The number of alkyl halides is 3. The maximum Gasteiger partial charge on any atom is 0.411 e. The monoisotopic (exact) mass is 288 g/mol. The SMILES string of the molecule is COc1ccc(C(OCC(F)(F)F)C2CCCC2)cc1. The summed E-state index contributed by atoms with van der Waals surface area (Å²) in [6.45, 7) is -1.19. The van der Waals surface area contributed by atoms with Crippen LogP contribution < -0.4 is 4.74 Å². The van der Waals surface area contributed by atoms with Crippen molar-refractivity contribution in [3.8, 4) is 5.75 Å². The third-order valence-corrected chi connectivity index (χ3v) is 3.70. The van der Waals surface area contributed by atoms with Crippen LogP contribution in [-0.2, 0) is 4.74 Å². The zero-order valence-electron chi connectivity index (χ0n) is 11.5. The minimum atomic E-state index is -4.29. The van der Waals surface area contributed by atoms with E-state index in [1.54, 1.807) is 31.4 Å². The molecule has 1 aromatic rings. The number of hydrogen-bond acceptors (Lipinski definition) is 2. The van der Waals surface area contributed by atoms with Gasteiger partial charge in [-0.2, -0.15) is 13.2 Å². The summed E-state index contributed by atoms with van der Waals surface area (Å²) < 4.78 is 47.4. The summed E-state index contributed by atoms with van der Waals surface area (Å²) in [7, 11) is 1.56. The Hall–Kier alpha value is -1.23. The molecular weight excluding hydrogens is 269 g/mol. The predicted molar refractivity (Wildman–Crippen MR) is 69.7 cm³/mol. The third kappa shape index (κ3) is 4.13. The molecule has 112 valence electrons. The molecule has 1 unspecified atom stereocenters. The molecule has 1 aliphatic rings. The van der Waals surface area contributed by atoms with Gasteiger partial charge in [0.1, 0.15) is 12.4 Å². The fourth-order valence-corrected chi connectivity index (χ4v) is 2.74. The first-order valence-corrected chi connectivity index (χ1v) is 6.82. The van der Waals surface area contributed by atoms with Gasteiger partial charge in [0.15, 0.2) is 0 Å².